The van der Waals surface area contributed by atoms with Gasteiger partial charge in [-0.2, -0.15) is 0 Å². The van der Waals surface area contributed by atoms with E-state index in [1.165, 1.54) is 18.3 Å². The standard InChI is InChI=1S/C24H19N3O5/c1-13-9-10-15-16(12-13)26-24(25-15)27-20(18-8-5-11-32-18)19(22(29)23(27)30)21(28)14-6-3-4-7-17(14)31-2/h3-12,20,28H,1-2H3,(H,25,26)/b21-19+. The zero-order valence-corrected chi connectivity index (χ0v) is 17.3. The Kier molecular flexibility index (Phi) is 4.55. The highest BCUT2D eigenvalue weighted by Crippen LogP contribution is 2.42. The number of H-pyrrole nitrogens is 1. The molecule has 5 rings (SSSR count). The van der Waals surface area contributed by atoms with Crippen LogP contribution in [0.5, 0.6) is 5.75 Å². The molecule has 32 heavy (non-hydrogen) atoms. The predicted molar refractivity (Wildman–Crippen MR) is 117 cm³/mol. The largest absolute Gasteiger partial charge is 0.507 e. The second kappa shape index (κ2) is 7.42. The highest BCUT2D eigenvalue weighted by atomic mass is 16.5. The minimum atomic E-state index is -1.00. The molecule has 0 aliphatic carbocycles. The van der Waals surface area contributed by atoms with Crippen molar-refractivity contribution in [2.75, 3.05) is 12.0 Å². The molecule has 3 heterocycles. The normalized spacial score (nSPS) is 17.9. The van der Waals surface area contributed by atoms with Crippen molar-refractivity contribution in [1.29, 1.82) is 0 Å². The zero-order valence-electron chi connectivity index (χ0n) is 17.3. The molecule has 2 aromatic carbocycles. The fourth-order valence-corrected chi connectivity index (χ4v) is 3.98. The summed E-state index contributed by atoms with van der Waals surface area (Å²) in [7, 11) is 1.46. The minimum Gasteiger partial charge on any atom is -0.507 e. The number of carbonyl (C=O) groups excluding carboxylic acids is 2. The molecule has 0 radical (unpaired) electrons. The Morgan fingerprint density at radius 3 is 2.72 bits per heavy atom. The number of rotatable bonds is 4. The van der Waals surface area contributed by atoms with Crippen LogP contribution in [-0.2, 0) is 9.59 Å². The van der Waals surface area contributed by atoms with Crippen molar-refractivity contribution in [2.45, 2.75) is 13.0 Å². The zero-order chi connectivity index (χ0) is 22.4. The van der Waals surface area contributed by atoms with Crippen LogP contribution >= 0.6 is 0 Å². The topological polar surface area (TPSA) is 109 Å². The number of hydrogen-bond acceptors (Lipinski definition) is 6. The van der Waals surface area contributed by atoms with Crippen molar-refractivity contribution >= 4 is 34.4 Å². The third kappa shape index (κ3) is 2.96. The first-order valence-corrected chi connectivity index (χ1v) is 9.93. The Hall–Kier alpha value is -4.33. The van der Waals surface area contributed by atoms with E-state index in [0.29, 0.717) is 22.6 Å². The van der Waals surface area contributed by atoms with E-state index < -0.39 is 17.7 Å². The molecule has 1 fully saturated rings. The van der Waals surface area contributed by atoms with E-state index in [0.717, 1.165) is 11.1 Å². The molecular formula is C24H19N3O5. The second-order valence-corrected chi connectivity index (χ2v) is 7.47. The van der Waals surface area contributed by atoms with Gasteiger partial charge in [0.05, 0.1) is 35.5 Å². The Morgan fingerprint density at radius 1 is 1.16 bits per heavy atom. The fraction of sp³-hybridized carbons (Fsp3) is 0.125. The molecule has 1 aliphatic heterocycles. The van der Waals surface area contributed by atoms with Gasteiger partial charge in [-0.3, -0.25) is 14.5 Å². The first-order chi connectivity index (χ1) is 15.5. The summed E-state index contributed by atoms with van der Waals surface area (Å²) in [4.78, 5) is 35.1. The van der Waals surface area contributed by atoms with Crippen LogP contribution in [0.3, 0.4) is 0 Å². The maximum Gasteiger partial charge on any atom is 0.302 e. The summed E-state index contributed by atoms with van der Waals surface area (Å²) in [5.74, 6) is -1.14. The second-order valence-electron chi connectivity index (χ2n) is 7.47. The van der Waals surface area contributed by atoms with Gasteiger partial charge in [-0.15, -0.1) is 0 Å². The molecule has 1 amide bonds. The summed E-state index contributed by atoms with van der Waals surface area (Å²) in [6.45, 7) is 1.95. The van der Waals surface area contributed by atoms with E-state index in [2.05, 4.69) is 9.97 Å². The number of ketones is 1. The van der Waals surface area contributed by atoms with Crippen molar-refractivity contribution in [2.24, 2.45) is 0 Å². The SMILES string of the molecule is COc1ccccc1/C(O)=C1\C(=O)C(=O)N(c2nc3ccc(C)cc3[nH]2)C1c1ccco1. The Morgan fingerprint density at radius 2 is 1.97 bits per heavy atom. The number of hydrogen-bond donors (Lipinski definition) is 2. The van der Waals surface area contributed by atoms with Crippen LogP contribution in [0.25, 0.3) is 16.8 Å². The van der Waals surface area contributed by atoms with E-state index in [9.17, 15) is 14.7 Å². The van der Waals surface area contributed by atoms with Crippen molar-refractivity contribution in [3.8, 4) is 5.75 Å². The molecule has 160 valence electrons. The first kappa shape index (κ1) is 19.6. The number of aliphatic hydroxyl groups is 1. The smallest absolute Gasteiger partial charge is 0.302 e. The maximum atomic E-state index is 13.2. The minimum absolute atomic E-state index is 0.105. The number of anilines is 1. The first-order valence-electron chi connectivity index (χ1n) is 9.93. The molecule has 2 aromatic heterocycles. The average molecular weight is 429 g/mol. The number of aliphatic hydroxyl groups excluding tert-OH is 1. The predicted octanol–water partition coefficient (Wildman–Crippen LogP) is 4.10. The number of methoxy groups -OCH3 is 1. The summed E-state index contributed by atoms with van der Waals surface area (Å²) in [6.07, 6.45) is 1.44. The van der Waals surface area contributed by atoms with Crippen molar-refractivity contribution < 1.29 is 23.8 Å². The molecule has 0 bridgehead atoms. The van der Waals surface area contributed by atoms with Crippen LogP contribution in [0.2, 0.25) is 0 Å². The number of furan rings is 1. The molecular weight excluding hydrogens is 410 g/mol. The van der Waals surface area contributed by atoms with E-state index >= 15 is 0 Å². The van der Waals surface area contributed by atoms with Crippen LogP contribution in [0.1, 0.15) is 22.9 Å². The highest BCUT2D eigenvalue weighted by molar-refractivity contribution is 6.51. The number of nitrogens with zero attached hydrogens (tertiary/aromatic N) is 2. The number of Topliss-reactive ketones (excluding diaryl/α,β-unsaturated/α-hetero) is 1. The highest BCUT2D eigenvalue weighted by Gasteiger charge is 2.49. The lowest BCUT2D eigenvalue weighted by atomic mass is 9.99. The number of amides is 1. The van der Waals surface area contributed by atoms with Crippen LogP contribution < -0.4 is 9.64 Å². The molecule has 8 nitrogen and oxygen atoms in total. The molecule has 0 spiro atoms. The Balaban J connectivity index is 1.73. The van der Waals surface area contributed by atoms with Crippen molar-refractivity contribution in [3.63, 3.8) is 0 Å². The number of aromatic amines is 1. The molecule has 1 atom stereocenters. The number of fused-ring (bicyclic) bond motifs is 1. The number of ether oxygens (including phenoxy) is 1. The quantitative estimate of drug-likeness (QED) is 0.287. The van der Waals surface area contributed by atoms with Gasteiger partial charge in [0, 0.05) is 0 Å². The van der Waals surface area contributed by atoms with Gasteiger partial charge < -0.3 is 19.2 Å². The van der Waals surface area contributed by atoms with Gasteiger partial charge in [0.2, 0.25) is 5.95 Å². The van der Waals surface area contributed by atoms with Gasteiger partial charge >= 0.3 is 5.91 Å². The van der Waals surface area contributed by atoms with E-state index in [1.54, 1.807) is 36.4 Å². The Labute approximate surface area is 182 Å². The van der Waals surface area contributed by atoms with Gasteiger partial charge in [0.15, 0.2) is 0 Å². The van der Waals surface area contributed by atoms with E-state index in [4.69, 9.17) is 9.15 Å². The van der Waals surface area contributed by atoms with Gasteiger partial charge in [0.25, 0.3) is 5.78 Å². The molecule has 2 N–H and O–H groups in total. The van der Waals surface area contributed by atoms with E-state index in [-0.39, 0.29) is 17.3 Å². The van der Waals surface area contributed by atoms with Crippen molar-refractivity contribution in [1.82, 2.24) is 9.97 Å². The molecule has 4 aromatic rings. The molecule has 1 aliphatic rings. The third-order valence-electron chi connectivity index (χ3n) is 5.47. The molecule has 8 heteroatoms. The number of para-hydroxylation sites is 1. The summed E-state index contributed by atoms with van der Waals surface area (Å²) < 4.78 is 10.9. The summed E-state index contributed by atoms with van der Waals surface area (Å²) >= 11 is 0. The lowest BCUT2D eigenvalue weighted by Gasteiger charge is -2.20. The van der Waals surface area contributed by atoms with Gasteiger partial charge in [-0.05, 0) is 48.9 Å². The van der Waals surface area contributed by atoms with Crippen LogP contribution in [0.15, 0.2) is 70.9 Å². The number of aryl methyl sites for hydroxylation is 1. The fourth-order valence-electron chi connectivity index (χ4n) is 3.98. The van der Waals surface area contributed by atoms with Crippen LogP contribution in [0.4, 0.5) is 5.95 Å². The van der Waals surface area contributed by atoms with Gasteiger partial charge in [-0.25, -0.2) is 4.98 Å². The van der Waals surface area contributed by atoms with Crippen LogP contribution in [-0.4, -0.2) is 33.9 Å². The van der Waals surface area contributed by atoms with Crippen LogP contribution in [0, 0.1) is 6.92 Å². The lowest BCUT2D eigenvalue weighted by Crippen LogP contribution is -2.30. The van der Waals surface area contributed by atoms with Gasteiger partial charge in [-0.1, -0.05) is 18.2 Å². The van der Waals surface area contributed by atoms with Crippen molar-refractivity contribution in [3.05, 3.63) is 83.3 Å². The number of imidazole rings is 1. The third-order valence-corrected chi connectivity index (χ3v) is 5.47. The Bertz CT molecular complexity index is 1380. The number of carbonyl (C=O) groups is 2. The summed E-state index contributed by atoms with van der Waals surface area (Å²) in [5.41, 5.74) is 2.59. The van der Waals surface area contributed by atoms with Gasteiger partial charge in [0.1, 0.15) is 23.3 Å². The average Bonchev–Trinajstić information content (AvgIpc) is 3.52. The summed E-state index contributed by atoms with van der Waals surface area (Å²) in [5, 5.41) is 11.2. The summed E-state index contributed by atoms with van der Waals surface area (Å²) in [6, 6.07) is 14.7. The molecule has 1 saturated heterocycles. The number of benzene rings is 2. The molecule has 0 saturated carbocycles. The monoisotopic (exact) mass is 429 g/mol. The lowest BCUT2D eigenvalue weighted by molar-refractivity contribution is -0.132. The number of aromatic nitrogens is 2. The molecule has 1 unspecified atom stereocenters. The maximum absolute atomic E-state index is 13.2. The number of nitrogens with one attached hydrogen (secondary N) is 1. The van der Waals surface area contributed by atoms with E-state index in [1.807, 2.05) is 25.1 Å².